The second-order valence-corrected chi connectivity index (χ2v) is 13.7. The highest BCUT2D eigenvalue weighted by atomic mass is 16.3. The van der Waals surface area contributed by atoms with Gasteiger partial charge in [-0.2, -0.15) is 0 Å². The van der Waals surface area contributed by atoms with Gasteiger partial charge in [-0.15, -0.1) is 0 Å². The van der Waals surface area contributed by atoms with Crippen molar-refractivity contribution in [1.82, 2.24) is 15.0 Å². The van der Waals surface area contributed by atoms with E-state index in [1.807, 2.05) is 30.3 Å². The Balaban J connectivity index is 1.08. The number of aryl methyl sites for hydroxylation is 2. The first-order valence-corrected chi connectivity index (χ1v) is 18.0. The number of rotatable bonds is 4. The summed E-state index contributed by atoms with van der Waals surface area (Å²) in [6.45, 7) is 0. The standard InChI is InChI=1S/C47H31N3O2/c1-2-11-29(12-3-1)45-48-46(32-22-24-34-30(26-32)21-20-28-10-4-5-13-33(28)34)50-47(49-45)38-17-9-19-42-43(38)39-27-31(23-25-41(39)51-42)35-15-8-16-37-36-14-6-7-18-40(36)52-44(35)37/h1-4,6-8,10-12,14-18,20-27H,5,9,13,19H2. The Bertz CT molecular complexity index is 2960. The van der Waals surface area contributed by atoms with Crippen molar-refractivity contribution in [2.24, 2.45) is 0 Å². The maximum Gasteiger partial charge on any atom is 0.164 e. The number of allylic oxidation sites excluding steroid dienone is 2. The fourth-order valence-electron chi connectivity index (χ4n) is 8.18. The highest BCUT2D eigenvalue weighted by Crippen LogP contribution is 2.42. The predicted octanol–water partition coefficient (Wildman–Crippen LogP) is 12.0. The van der Waals surface area contributed by atoms with E-state index in [0.717, 1.165) is 97.7 Å². The van der Waals surface area contributed by atoms with Crippen molar-refractivity contribution in [2.75, 3.05) is 0 Å². The van der Waals surface area contributed by atoms with Gasteiger partial charge in [-0.3, -0.25) is 0 Å². The first kappa shape index (κ1) is 29.2. The van der Waals surface area contributed by atoms with Crippen LogP contribution in [0.1, 0.15) is 41.1 Å². The molecule has 52 heavy (non-hydrogen) atoms. The first-order chi connectivity index (χ1) is 25.7. The summed E-state index contributed by atoms with van der Waals surface area (Å²) in [7, 11) is 0. The molecule has 3 aromatic heterocycles. The van der Waals surface area contributed by atoms with Crippen molar-refractivity contribution < 1.29 is 8.83 Å². The number of hydrogen-bond acceptors (Lipinski definition) is 5. The van der Waals surface area contributed by atoms with E-state index >= 15 is 0 Å². The minimum Gasteiger partial charge on any atom is -0.460 e. The van der Waals surface area contributed by atoms with Crippen LogP contribution in [-0.4, -0.2) is 15.0 Å². The Morgan fingerprint density at radius 3 is 2.27 bits per heavy atom. The molecule has 5 nitrogen and oxygen atoms in total. The summed E-state index contributed by atoms with van der Waals surface area (Å²) in [4.78, 5) is 15.4. The Morgan fingerprint density at radius 2 is 1.33 bits per heavy atom. The molecule has 0 bridgehead atoms. The molecule has 9 aromatic rings. The van der Waals surface area contributed by atoms with E-state index in [2.05, 4.69) is 109 Å². The molecule has 0 amide bonds. The number of para-hydroxylation sites is 2. The molecule has 6 aromatic carbocycles. The molecule has 2 aliphatic carbocycles. The molecule has 0 aliphatic heterocycles. The van der Waals surface area contributed by atoms with Gasteiger partial charge in [0.05, 0.1) is 0 Å². The van der Waals surface area contributed by atoms with Crippen LogP contribution in [0.4, 0.5) is 0 Å². The average molecular weight is 670 g/mol. The Kier molecular flexibility index (Phi) is 6.44. The van der Waals surface area contributed by atoms with Crippen molar-refractivity contribution in [2.45, 2.75) is 25.7 Å². The average Bonchev–Trinajstić information content (AvgIpc) is 3.79. The third kappa shape index (κ3) is 4.59. The van der Waals surface area contributed by atoms with E-state index in [1.54, 1.807) is 0 Å². The largest absolute Gasteiger partial charge is 0.460 e. The van der Waals surface area contributed by atoms with Gasteiger partial charge in [0.1, 0.15) is 22.5 Å². The zero-order valence-electron chi connectivity index (χ0n) is 28.3. The van der Waals surface area contributed by atoms with Crippen molar-refractivity contribution >= 4 is 55.3 Å². The van der Waals surface area contributed by atoms with Crippen molar-refractivity contribution in [3.8, 4) is 33.9 Å². The monoisotopic (exact) mass is 669 g/mol. The van der Waals surface area contributed by atoms with E-state index in [0.29, 0.717) is 17.5 Å². The molecule has 0 N–H and O–H groups in total. The van der Waals surface area contributed by atoms with Gasteiger partial charge in [0.15, 0.2) is 17.5 Å². The highest BCUT2D eigenvalue weighted by Gasteiger charge is 2.26. The first-order valence-electron chi connectivity index (χ1n) is 18.0. The number of nitrogens with zero attached hydrogens (tertiary/aromatic N) is 3. The van der Waals surface area contributed by atoms with Crippen molar-refractivity contribution in [3.05, 3.63) is 162 Å². The molecule has 0 radical (unpaired) electrons. The number of aromatic nitrogens is 3. The van der Waals surface area contributed by atoms with Crippen LogP contribution in [0.2, 0.25) is 0 Å². The van der Waals surface area contributed by atoms with E-state index in [4.69, 9.17) is 23.8 Å². The molecular weight excluding hydrogens is 639 g/mol. The SMILES string of the molecule is C1=Cc2ccc3cc(-c4nc(C5=CCCc6oc7ccc(-c8cccc9c8oc8ccccc89)cc7c65)nc(-c5ccccc5)n4)ccc3c2CC1. The van der Waals surface area contributed by atoms with Crippen LogP contribution in [0.25, 0.3) is 89.2 Å². The smallest absolute Gasteiger partial charge is 0.164 e. The Labute approximate surface area is 299 Å². The molecule has 11 rings (SSSR count). The molecule has 5 heteroatoms. The lowest BCUT2D eigenvalue weighted by atomic mass is 9.91. The summed E-state index contributed by atoms with van der Waals surface area (Å²) < 4.78 is 13.0. The van der Waals surface area contributed by atoms with Gasteiger partial charge in [0.2, 0.25) is 0 Å². The second-order valence-electron chi connectivity index (χ2n) is 13.7. The van der Waals surface area contributed by atoms with Gasteiger partial charge in [0, 0.05) is 50.4 Å². The van der Waals surface area contributed by atoms with Crippen LogP contribution >= 0.6 is 0 Å². The van der Waals surface area contributed by atoms with E-state index in [9.17, 15) is 0 Å². The molecular formula is C47H31N3O2. The molecule has 0 saturated carbocycles. The Morgan fingerprint density at radius 1 is 0.519 bits per heavy atom. The van der Waals surface area contributed by atoms with Crippen LogP contribution in [-0.2, 0) is 12.8 Å². The number of benzene rings is 6. The van der Waals surface area contributed by atoms with Gasteiger partial charge in [-0.05, 0) is 71.0 Å². The lowest BCUT2D eigenvalue weighted by molar-refractivity contribution is 0.545. The third-order valence-electron chi connectivity index (χ3n) is 10.7. The van der Waals surface area contributed by atoms with Gasteiger partial charge in [0.25, 0.3) is 0 Å². The van der Waals surface area contributed by atoms with Crippen molar-refractivity contribution in [1.29, 1.82) is 0 Å². The summed E-state index contributed by atoms with van der Waals surface area (Å²) in [6.07, 6.45) is 10.5. The quantitative estimate of drug-likeness (QED) is 0.187. The summed E-state index contributed by atoms with van der Waals surface area (Å²) in [5, 5.41) is 5.76. The summed E-state index contributed by atoms with van der Waals surface area (Å²) in [6, 6.07) is 42.3. The molecule has 3 heterocycles. The van der Waals surface area contributed by atoms with Gasteiger partial charge >= 0.3 is 0 Å². The zero-order chi connectivity index (χ0) is 34.2. The predicted molar refractivity (Wildman–Crippen MR) is 210 cm³/mol. The molecule has 0 spiro atoms. The van der Waals surface area contributed by atoms with Crippen LogP contribution in [0.5, 0.6) is 0 Å². The second kappa shape index (κ2) is 11.5. The highest BCUT2D eigenvalue weighted by molar-refractivity contribution is 6.10. The summed E-state index contributed by atoms with van der Waals surface area (Å²) in [5.74, 6) is 2.91. The number of furan rings is 2. The minimum atomic E-state index is 0.646. The topological polar surface area (TPSA) is 65.0 Å². The maximum atomic E-state index is 6.55. The number of hydrogen-bond donors (Lipinski definition) is 0. The molecule has 0 atom stereocenters. The van der Waals surface area contributed by atoms with E-state index in [-0.39, 0.29) is 0 Å². The molecule has 0 fully saturated rings. The minimum absolute atomic E-state index is 0.646. The fourth-order valence-corrected chi connectivity index (χ4v) is 8.18. The summed E-state index contributed by atoms with van der Waals surface area (Å²) in [5.41, 5.74) is 11.4. The van der Waals surface area contributed by atoms with Gasteiger partial charge in [-0.25, -0.2) is 15.0 Å². The zero-order valence-corrected chi connectivity index (χ0v) is 28.3. The van der Waals surface area contributed by atoms with E-state index in [1.165, 1.54) is 21.9 Å². The molecule has 0 saturated heterocycles. The maximum absolute atomic E-state index is 6.55. The lowest BCUT2D eigenvalue weighted by Gasteiger charge is -2.16. The van der Waals surface area contributed by atoms with Crippen LogP contribution in [0, 0.1) is 0 Å². The van der Waals surface area contributed by atoms with Crippen LogP contribution in [0.15, 0.2) is 142 Å². The lowest BCUT2D eigenvalue weighted by Crippen LogP contribution is -2.06. The summed E-state index contributed by atoms with van der Waals surface area (Å²) >= 11 is 0. The molecule has 0 unspecified atom stereocenters. The normalized spacial score (nSPS) is 13.9. The van der Waals surface area contributed by atoms with Crippen LogP contribution in [0.3, 0.4) is 0 Å². The van der Waals surface area contributed by atoms with E-state index < -0.39 is 0 Å². The molecule has 246 valence electrons. The number of fused-ring (bicyclic) bond motifs is 9. The molecule has 2 aliphatic rings. The third-order valence-corrected chi connectivity index (χ3v) is 10.7. The van der Waals surface area contributed by atoms with Crippen molar-refractivity contribution in [3.63, 3.8) is 0 Å². The van der Waals surface area contributed by atoms with Gasteiger partial charge < -0.3 is 8.83 Å². The van der Waals surface area contributed by atoms with Crippen LogP contribution < -0.4 is 0 Å². The van der Waals surface area contributed by atoms with Gasteiger partial charge in [-0.1, -0.05) is 115 Å². The fraction of sp³-hybridized carbons (Fsp3) is 0.0851. The Hall–Kier alpha value is -6.59.